The number of rotatable bonds is 9. The van der Waals surface area contributed by atoms with Gasteiger partial charge in [-0.15, -0.1) is 0 Å². The Morgan fingerprint density at radius 1 is 1.14 bits per heavy atom. The highest BCUT2D eigenvalue weighted by atomic mass is 35.5. The van der Waals surface area contributed by atoms with Crippen molar-refractivity contribution in [2.45, 2.75) is 39.7 Å². The van der Waals surface area contributed by atoms with Crippen molar-refractivity contribution < 1.29 is 9.53 Å². The van der Waals surface area contributed by atoms with Crippen LogP contribution >= 0.6 is 11.6 Å². The zero-order valence-electron chi connectivity index (χ0n) is 17.4. The second-order valence-corrected chi connectivity index (χ2v) is 8.54. The van der Waals surface area contributed by atoms with Gasteiger partial charge in [0.2, 0.25) is 5.91 Å². The summed E-state index contributed by atoms with van der Waals surface area (Å²) in [5, 5.41) is 3.61. The van der Waals surface area contributed by atoms with Crippen LogP contribution in [0.5, 0.6) is 0 Å². The van der Waals surface area contributed by atoms with Crippen LogP contribution in [0, 0.1) is 5.41 Å². The molecule has 0 aliphatic carbocycles. The maximum absolute atomic E-state index is 11.2. The van der Waals surface area contributed by atoms with Gasteiger partial charge in [-0.25, -0.2) is 0 Å². The summed E-state index contributed by atoms with van der Waals surface area (Å²) in [7, 11) is 0. The largest absolute Gasteiger partial charge is 0.381 e. The Labute approximate surface area is 179 Å². The quantitative estimate of drug-likeness (QED) is 0.616. The minimum atomic E-state index is -0.0429. The van der Waals surface area contributed by atoms with Crippen LogP contribution in [0.3, 0.4) is 0 Å². The second-order valence-electron chi connectivity index (χ2n) is 8.10. The number of aryl methyl sites for hydroxylation is 1. The molecule has 156 valence electrons. The topological polar surface area (TPSA) is 41.6 Å². The van der Waals surface area contributed by atoms with Crippen molar-refractivity contribution in [2.24, 2.45) is 5.41 Å². The lowest BCUT2D eigenvalue weighted by atomic mass is 9.82. The molecule has 0 bridgehead atoms. The van der Waals surface area contributed by atoms with Gasteiger partial charge in [0.25, 0.3) is 0 Å². The first-order valence-electron chi connectivity index (χ1n) is 10.4. The van der Waals surface area contributed by atoms with Crippen LogP contribution in [0.25, 0.3) is 0 Å². The fourth-order valence-corrected chi connectivity index (χ4v) is 4.22. The Bertz CT molecular complexity index is 792. The van der Waals surface area contributed by atoms with E-state index in [1.165, 1.54) is 18.1 Å². The zero-order valence-corrected chi connectivity index (χ0v) is 18.2. The highest BCUT2D eigenvalue weighted by Crippen LogP contribution is 2.36. The minimum Gasteiger partial charge on any atom is -0.381 e. The Kier molecular flexibility index (Phi) is 7.70. The average molecular weight is 415 g/mol. The Morgan fingerprint density at radius 3 is 2.48 bits per heavy atom. The van der Waals surface area contributed by atoms with Crippen molar-refractivity contribution in [3.05, 3.63) is 64.7 Å². The third-order valence-electron chi connectivity index (χ3n) is 5.67. The molecule has 1 unspecified atom stereocenters. The van der Waals surface area contributed by atoms with Crippen LogP contribution in [0.4, 0.5) is 5.69 Å². The summed E-state index contributed by atoms with van der Waals surface area (Å²) in [4.78, 5) is 13.7. The number of carbonyl (C=O) groups excluding carboxylic acids is 1. The molecule has 0 spiro atoms. The van der Waals surface area contributed by atoms with Gasteiger partial charge in [-0.2, -0.15) is 0 Å². The summed E-state index contributed by atoms with van der Waals surface area (Å²) in [5.41, 5.74) is 3.64. The van der Waals surface area contributed by atoms with E-state index < -0.39 is 0 Å². The molecule has 4 nitrogen and oxygen atoms in total. The van der Waals surface area contributed by atoms with Crippen molar-refractivity contribution in [1.29, 1.82) is 0 Å². The molecule has 1 fully saturated rings. The average Bonchev–Trinajstić information content (AvgIpc) is 3.10. The monoisotopic (exact) mass is 414 g/mol. The van der Waals surface area contributed by atoms with Gasteiger partial charge >= 0.3 is 0 Å². The fraction of sp³-hybridized carbons (Fsp3) is 0.458. The van der Waals surface area contributed by atoms with Crippen molar-refractivity contribution in [1.82, 2.24) is 4.90 Å². The number of likely N-dealkylation sites (tertiary alicyclic amines) is 1. The van der Waals surface area contributed by atoms with Gasteiger partial charge in [-0.3, -0.25) is 9.69 Å². The number of nitrogens with zero attached hydrogens (tertiary/aromatic N) is 1. The molecule has 1 N–H and O–H groups in total. The van der Waals surface area contributed by atoms with E-state index in [9.17, 15) is 4.79 Å². The minimum absolute atomic E-state index is 0.0429. The lowest BCUT2D eigenvalue weighted by Crippen LogP contribution is -2.32. The summed E-state index contributed by atoms with van der Waals surface area (Å²) in [6.45, 7) is 8.23. The molecule has 0 saturated carbocycles. The van der Waals surface area contributed by atoms with Gasteiger partial charge in [-0.05, 0) is 68.1 Å². The summed E-state index contributed by atoms with van der Waals surface area (Å²) < 4.78 is 5.89. The number of halogens is 1. The number of amides is 1. The van der Waals surface area contributed by atoms with Gasteiger partial charge in [-0.1, -0.05) is 35.9 Å². The van der Waals surface area contributed by atoms with Crippen LogP contribution in [-0.4, -0.2) is 37.1 Å². The number of ether oxygens (including phenoxy) is 1. The van der Waals surface area contributed by atoms with Gasteiger partial charge in [0, 0.05) is 42.7 Å². The molecule has 1 heterocycles. The molecule has 1 saturated heterocycles. The molecule has 0 radical (unpaired) electrons. The Hall–Kier alpha value is -1.88. The molecular formula is C24H31ClN2O2. The molecule has 3 rings (SSSR count). The lowest BCUT2D eigenvalue weighted by molar-refractivity contribution is -0.114. The molecule has 2 aromatic carbocycles. The van der Waals surface area contributed by atoms with E-state index in [1.807, 2.05) is 24.3 Å². The smallest absolute Gasteiger partial charge is 0.221 e. The predicted octanol–water partition coefficient (Wildman–Crippen LogP) is 5.16. The molecular weight excluding hydrogens is 384 g/mol. The molecule has 1 aliphatic heterocycles. The van der Waals surface area contributed by atoms with Gasteiger partial charge in [0.15, 0.2) is 0 Å². The summed E-state index contributed by atoms with van der Waals surface area (Å²) in [6, 6.07) is 16.3. The van der Waals surface area contributed by atoms with Crippen molar-refractivity contribution >= 4 is 23.2 Å². The van der Waals surface area contributed by atoms with E-state index >= 15 is 0 Å². The van der Waals surface area contributed by atoms with E-state index in [1.54, 1.807) is 0 Å². The van der Waals surface area contributed by atoms with E-state index in [0.717, 1.165) is 62.8 Å². The zero-order chi connectivity index (χ0) is 20.7. The lowest BCUT2D eigenvalue weighted by Gasteiger charge is -2.29. The maximum Gasteiger partial charge on any atom is 0.221 e. The summed E-state index contributed by atoms with van der Waals surface area (Å²) in [6.07, 6.45) is 3.32. The highest BCUT2D eigenvalue weighted by Gasteiger charge is 2.37. The number of benzene rings is 2. The van der Waals surface area contributed by atoms with Crippen LogP contribution in [0.15, 0.2) is 48.5 Å². The van der Waals surface area contributed by atoms with Gasteiger partial charge in [0.05, 0.1) is 6.61 Å². The van der Waals surface area contributed by atoms with E-state index in [-0.39, 0.29) is 11.3 Å². The van der Waals surface area contributed by atoms with E-state index in [2.05, 4.69) is 41.4 Å². The first-order chi connectivity index (χ1) is 14.0. The van der Waals surface area contributed by atoms with Crippen molar-refractivity contribution in [3.8, 4) is 0 Å². The fourth-order valence-electron chi connectivity index (χ4n) is 4.09. The van der Waals surface area contributed by atoms with E-state index in [4.69, 9.17) is 16.3 Å². The molecule has 1 atom stereocenters. The molecule has 5 heteroatoms. The van der Waals surface area contributed by atoms with Crippen LogP contribution in [0.2, 0.25) is 5.02 Å². The van der Waals surface area contributed by atoms with Crippen molar-refractivity contribution in [3.63, 3.8) is 0 Å². The Balaban J connectivity index is 1.59. The third-order valence-corrected chi connectivity index (χ3v) is 5.92. The maximum atomic E-state index is 11.2. The molecule has 29 heavy (non-hydrogen) atoms. The number of carbonyl (C=O) groups is 1. The van der Waals surface area contributed by atoms with Gasteiger partial charge in [0.1, 0.15) is 0 Å². The predicted molar refractivity (Wildman–Crippen MR) is 119 cm³/mol. The van der Waals surface area contributed by atoms with E-state index in [0.29, 0.717) is 0 Å². The first-order valence-corrected chi connectivity index (χ1v) is 10.8. The number of anilines is 1. The number of hydrogen-bond acceptors (Lipinski definition) is 3. The van der Waals surface area contributed by atoms with Crippen molar-refractivity contribution in [2.75, 3.05) is 31.6 Å². The second kappa shape index (κ2) is 10.2. The van der Waals surface area contributed by atoms with Gasteiger partial charge < -0.3 is 10.1 Å². The Morgan fingerprint density at radius 2 is 1.83 bits per heavy atom. The molecule has 0 aromatic heterocycles. The highest BCUT2D eigenvalue weighted by molar-refractivity contribution is 6.30. The third kappa shape index (κ3) is 6.56. The summed E-state index contributed by atoms with van der Waals surface area (Å²) >= 11 is 6.02. The van der Waals surface area contributed by atoms with Crippen LogP contribution < -0.4 is 5.32 Å². The first kappa shape index (κ1) is 21.8. The SMILES string of the molecule is CCOCC1(CCc2ccc(Cl)cc2)CCN(Cc2ccc(NC(C)=O)cc2)C1. The summed E-state index contributed by atoms with van der Waals surface area (Å²) in [5.74, 6) is -0.0429. The van der Waals surface area contributed by atoms with Crippen LogP contribution in [-0.2, 0) is 22.5 Å². The molecule has 1 amide bonds. The number of nitrogens with one attached hydrogen (secondary N) is 1. The van der Waals surface area contributed by atoms with Crippen LogP contribution in [0.1, 0.15) is 37.8 Å². The number of hydrogen-bond donors (Lipinski definition) is 1. The molecule has 2 aromatic rings. The standard InChI is InChI=1S/C24H31ClN2O2/c1-3-29-18-24(13-12-20-4-8-22(25)9-5-20)14-15-27(17-24)16-21-6-10-23(11-7-21)26-19(2)28/h4-11H,3,12-18H2,1-2H3,(H,26,28). The normalized spacial score (nSPS) is 19.4. The molecule has 1 aliphatic rings.